The van der Waals surface area contributed by atoms with Crippen LogP contribution in [0.15, 0.2) is 0 Å². The van der Waals surface area contributed by atoms with Crippen LogP contribution in [0.1, 0.15) is 6.42 Å². The van der Waals surface area contributed by atoms with E-state index in [1.54, 1.807) is 0 Å². The monoisotopic (exact) mass is 136 g/mol. The molecule has 8 heavy (non-hydrogen) atoms. The predicted octanol–water partition coefficient (Wildman–Crippen LogP) is -1.23. The van der Waals surface area contributed by atoms with Crippen LogP contribution in [0.3, 0.4) is 0 Å². The number of sulfonamides is 1. The number of primary sulfonamides is 1. The molecule has 0 saturated carbocycles. The number of hydrogen-bond donors (Lipinski definition) is 1. The van der Waals surface area contributed by atoms with Crippen molar-refractivity contribution in [3.8, 4) is 0 Å². The lowest BCUT2D eigenvalue weighted by molar-refractivity contribution is 0.552. The molecule has 0 aromatic carbocycles. The van der Waals surface area contributed by atoms with Gasteiger partial charge in [-0.05, 0) is 0 Å². The number of rotatable bonds is 3. The van der Waals surface area contributed by atoms with Crippen LogP contribution >= 0.6 is 0 Å². The van der Waals surface area contributed by atoms with Crippen LogP contribution in [0.4, 0.5) is 0 Å². The Kier molecular flexibility index (Phi) is 2.64. The Balaban J connectivity index is 3.57. The van der Waals surface area contributed by atoms with Gasteiger partial charge in [0.25, 0.3) is 0 Å². The average Bonchev–Trinajstić information content (AvgIpc) is 1.59. The number of hydrogen-bond acceptors (Lipinski definition) is 3. The Morgan fingerprint density at radius 1 is 1.50 bits per heavy atom. The third-order valence-electron chi connectivity index (χ3n) is 0.489. The first-order valence-electron chi connectivity index (χ1n) is 1.92. The summed E-state index contributed by atoms with van der Waals surface area (Å²) >= 11 is 0. The Hall–Kier alpha value is -0.420. The first-order chi connectivity index (χ1) is 3.56. The van der Waals surface area contributed by atoms with Gasteiger partial charge in [0.1, 0.15) is 0 Å². The second kappa shape index (κ2) is 2.78. The molecule has 0 aliphatic rings. The van der Waals surface area contributed by atoms with E-state index < -0.39 is 10.0 Å². The minimum Gasteiger partial charge on any atom is -0.291 e. The van der Waals surface area contributed by atoms with Gasteiger partial charge in [-0.3, -0.25) is 4.79 Å². The Bertz CT molecular complexity index is 159. The maximum atomic E-state index is 9.99. The molecular formula is C3H6NO3S. The summed E-state index contributed by atoms with van der Waals surface area (Å²) in [6.07, 6.45) is 1.28. The lowest BCUT2D eigenvalue weighted by Crippen LogP contribution is -2.16. The van der Waals surface area contributed by atoms with Crippen molar-refractivity contribution in [2.45, 2.75) is 6.42 Å². The van der Waals surface area contributed by atoms with Crippen LogP contribution < -0.4 is 5.14 Å². The minimum absolute atomic E-state index is 0.140. The minimum atomic E-state index is -3.45. The van der Waals surface area contributed by atoms with Gasteiger partial charge in [-0.2, -0.15) is 0 Å². The predicted molar refractivity (Wildman–Crippen MR) is 28.3 cm³/mol. The van der Waals surface area contributed by atoms with Gasteiger partial charge in [0.2, 0.25) is 10.0 Å². The molecule has 0 rings (SSSR count). The average molecular weight is 136 g/mol. The fourth-order valence-corrected chi connectivity index (χ4v) is 0.552. The smallest absolute Gasteiger partial charge is 0.209 e. The van der Waals surface area contributed by atoms with Gasteiger partial charge in [0.05, 0.1) is 5.75 Å². The van der Waals surface area contributed by atoms with Gasteiger partial charge in [0.15, 0.2) is 6.29 Å². The fourth-order valence-electron chi connectivity index (χ4n) is 0.184. The fraction of sp³-hybridized carbons (Fsp3) is 0.667. The molecule has 0 heterocycles. The Morgan fingerprint density at radius 2 is 2.00 bits per heavy atom. The topological polar surface area (TPSA) is 77.2 Å². The van der Waals surface area contributed by atoms with E-state index >= 15 is 0 Å². The highest BCUT2D eigenvalue weighted by Crippen LogP contribution is 1.78. The van der Waals surface area contributed by atoms with Crippen molar-refractivity contribution in [3.05, 3.63) is 0 Å². The molecule has 0 fully saturated rings. The zero-order valence-corrected chi connectivity index (χ0v) is 4.94. The van der Waals surface area contributed by atoms with E-state index in [0.717, 1.165) is 0 Å². The molecule has 0 saturated heterocycles. The van der Waals surface area contributed by atoms with E-state index in [4.69, 9.17) is 0 Å². The van der Waals surface area contributed by atoms with Crippen LogP contribution in [0.25, 0.3) is 0 Å². The summed E-state index contributed by atoms with van der Waals surface area (Å²) in [5.41, 5.74) is 0. The Labute approximate surface area is 47.7 Å². The van der Waals surface area contributed by atoms with E-state index in [9.17, 15) is 13.2 Å². The normalized spacial score (nSPS) is 11.1. The molecule has 4 nitrogen and oxygen atoms in total. The van der Waals surface area contributed by atoms with Crippen LogP contribution in [0.5, 0.6) is 0 Å². The first kappa shape index (κ1) is 7.58. The standard InChI is InChI=1S/C3H6NO3S/c4-8(6,7)3-1-2-5/h1,3H2,(H2,4,6,7). The summed E-state index contributed by atoms with van der Waals surface area (Å²) in [6.45, 7) is 0. The summed E-state index contributed by atoms with van der Waals surface area (Å²) in [5.74, 6) is -0.309. The van der Waals surface area contributed by atoms with Gasteiger partial charge >= 0.3 is 0 Å². The first-order valence-corrected chi connectivity index (χ1v) is 3.63. The lowest BCUT2D eigenvalue weighted by Gasteiger charge is -1.86. The molecule has 0 aliphatic carbocycles. The molecule has 0 aromatic heterocycles. The molecule has 1 radical (unpaired) electrons. The van der Waals surface area contributed by atoms with Gasteiger partial charge in [-0.25, -0.2) is 13.6 Å². The molecule has 47 valence electrons. The van der Waals surface area contributed by atoms with Crippen LogP contribution in [0.2, 0.25) is 0 Å². The van der Waals surface area contributed by atoms with E-state index in [0.29, 0.717) is 0 Å². The summed E-state index contributed by atoms with van der Waals surface area (Å²) in [5, 5.41) is 4.51. The summed E-state index contributed by atoms with van der Waals surface area (Å²) in [4.78, 5) is 9.41. The van der Waals surface area contributed by atoms with Crippen molar-refractivity contribution in [2.24, 2.45) is 5.14 Å². The highest BCUT2D eigenvalue weighted by atomic mass is 32.2. The molecular weight excluding hydrogens is 130 g/mol. The van der Waals surface area contributed by atoms with Crippen molar-refractivity contribution in [1.82, 2.24) is 0 Å². The number of nitrogens with two attached hydrogens (primary N) is 1. The summed E-state index contributed by atoms with van der Waals surface area (Å²) < 4.78 is 20.0. The third kappa shape index (κ3) is 5.58. The molecule has 0 spiro atoms. The van der Waals surface area contributed by atoms with Gasteiger partial charge in [-0.15, -0.1) is 0 Å². The Morgan fingerprint density at radius 3 is 2.12 bits per heavy atom. The molecule has 0 unspecified atom stereocenters. The van der Waals surface area contributed by atoms with Crippen LogP contribution in [0, 0.1) is 0 Å². The highest BCUT2D eigenvalue weighted by molar-refractivity contribution is 7.89. The summed E-state index contributed by atoms with van der Waals surface area (Å²) in [6, 6.07) is 0. The zero-order chi connectivity index (χ0) is 6.62. The van der Waals surface area contributed by atoms with Gasteiger partial charge in [0, 0.05) is 6.42 Å². The number of carbonyl (C=O) groups excluding carboxylic acids is 1. The van der Waals surface area contributed by atoms with E-state index in [1.807, 2.05) is 0 Å². The van der Waals surface area contributed by atoms with Crippen LogP contribution in [-0.2, 0) is 14.8 Å². The maximum absolute atomic E-state index is 9.99. The van der Waals surface area contributed by atoms with Crippen molar-refractivity contribution in [1.29, 1.82) is 0 Å². The molecule has 0 atom stereocenters. The molecule has 0 aromatic rings. The highest BCUT2D eigenvalue weighted by Gasteiger charge is 1.99. The SMILES string of the molecule is NS(=O)(=O)CC[C]=O. The van der Waals surface area contributed by atoms with E-state index in [-0.39, 0.29) is 12.2 Å². The third-order valence-corrected chi connectivity index (χ3v) is 1.26. The molecule has 0 aliphatic heterocycles. The molecule has 0 bridgehead atoms. The lowest BCUT2D eigenvalue weighted by atomic mass is 10.6. The zero-order valence-electron chi connectivity index (χ0n) is 4.12. The second-order valence-corrected chi connectivity index (χ2v) is 3.00. The van der Waals surface area contributed by atoms with E-state index in [2.05, 4.69) is 5.14 Å². The molecule has 5 heteroatoms. The molecule has 0 amide bonds. The van der Waals surface area contributed by atoms with Crippen LogP contribution in [-0.4, -0.2) is 20.5 Å². The van der Waals surface area contributed by atoms with E-state index in [1.165, 1.54) is 6.29 Å². The molecule has 2 N–H and O–H groups in total. The van der Waals surface area contributed by atoms with Crippen molar-refractivity contribution < 1.29 is 13.2 Å². The maximum Gasteiger partial charge on any atom is 0.209 e. The summed E-state index contributed by atoms with van der Waals surface area (Å²) in [7, 11) is -3.45. The quantitative estimate of drug-likeness (QED) is 0.528. The van der Waals surface area contributed by atoms with Crippen molar-refractivity contribution >= 4 is 16.3 Å². The van der Waals surface area contributed by atoms with Crippen molar-refractivity contribution in [2.75, 3.05) is 5.75 Å². The van der Waals surface area contributed by atoms with Crippen molar-refractivity contribution in [3.63, 3.8) is 0 Å². The largest absolute Gasteiger partial charge is 0.291 e. The van der Waals surface area contributed by atoms with Gasteiger partial charge < -0.3 is 0 Å². The second-order valence-electron chi connectivity index (χ2n) is 1.26. The van der Waals surface area contributed by atoms with Gasteiger partial charge in [-0.1, -0.05) is 0 Å².